The lowest BCUT2D eigenvalue weighted by atomic mass is 9.87. The van der Waals surface area contributed by atoms with E-state index in [9.17, 15) is 17.6 Å². The molecule has 4 rings (SSSR count). The highest BCUT2D eigenvalue weighted by molar-refractivity contribution is 7.92. The number of carbonyl (C=O) groups excluding carboxylic acids is 1. The molecule has 1 aliphatic rings. The van der Waals surface area contributed by atoms with E-state index in [1.165, 1.54) is 49.0 Å². The van der Waals surface area contributed by atoms with E-state index in [0.717, 1.165) is 29.1 Å². The summed E-state index contributed by atoms with van der Waals surface area (Å²) in [4.78, 5) is 12.9. The Bertz CT molecular complexity index is 1210. The summed E-state index contributed by atoms with van der Waals surface area (Å²) >= 11 is 0. The maximum absolute atomic E-state index is 13.2. The number of fused-ring (bicyclic) bond motifs is 1. The van der Waals surface area contributed by atoms with Crippen LogP contribution in [0.15, 0.2) is 77.7 Å². The normalized spacial score (nSPS) is 15.7. The van der Waals surface area contributed by atoms with Gasteiger partial charge in [0.1, 0.15) is 5.82 Å². The van der Waals surface area contributed by atoms with Gasteiger partial charge in [-0.25, -0.2) is 12.8 Å². The van der Waals surface area contributed by atoms with Gasteiger partial charge in [0.2, 0.25) is 0 Å². The molecule has 1 N–H and O–H groups in total. The molecule has 160 valence electrons. The molecule has 0 aliphatic heterocycles. The molecular formula is C24H23FN2O3S. The number of hydrogen-bond donors (Lipinski definition) is 1. The van der Waals surface area contributed by atoms with Crippen LogP contribution in [0, 0.1) is 5.82 Å². The Morgan fingerprint density at radius 2 is 1.77 bits per heavy atom. The molecule has 31 heavy (non-hydrogen) atoms. The van der Waals surface area contributed by atoms with E-state index in [1.54, 1.807) is 12.1 Å². The largest absolute Gasteiger partial charge is 0.345 e. The quantitative estimate of drug-likeness (QED) is 0.640. The molecule has 1 aliphatic carbocycles. The molecular weight excluding hydrogens is 415 g/mol. The van der Waals surface area contributed by atoms with Gasteiger partial charge in [0.15, 0.2) is 0 Å². The standard InChI is InChI=1S/C24H23FN2O3S/c1-27(20-14-12-19(25)13-15-20)31(29,30)21-9-4-8-18(16-21)24(28)26-23-11-5-7-17-6-2-3-10-22(17)23/h2-4,6,8-10,12-16,23H,5,7,11H2,1H3,(H,26,28). The Kier molecular flexibility index (Phi) is 5.78. The van der Waals surface area contributed by atoms with Crippen LogP contribution >= 0.6 is 0 Å². The number of sulfonamides is 1. The first kappa shape index (κ1) is 21.1. The molecule has 0 spiro atoms. The highest BCUT2D eigenvalue weighted by Crippen LogP contribution is 2.30. The van der Waals surface area contributed by atoms with Gasteiger partial charge >= 0.3 is 0 Å². The van der Waals surface area contributed by atoms with Gasteiger partial charge in [0, 0.05) is 12.6 Å². The van der Waals surface area contributed by atoms with Crippen molar-refractivity contribution < 1.29 is 17.6 Å². The molecule has 0 aromatic heterocycles. The van der Waals surface area contributed by atoms with Crippen molar-refractivity contribution in [1.82, 2.24) is 5.32 Å². The Balaban J connectivity index is 1.57. The van der Waals surface area contributed by atoms with Gasteiger partial charge in [0.25, 0.3) is 15.9 Å². The molecule has 0 fully saturated rings. The lowest BCUT2D eigenvalue weighted by Gasteiger charge is -2.26. The monoisotopic (exact) mass is 438 g/mol. The highest BCUT2D eigenvalue weighted by Gasteiger charge is 2.25. The number of halogens is 1. The van der Waals surface area contributed by atoms with Crippen LogP contribution in [0.3, 0.4) is 0 Å². The number of benzene rings is 3. The van der Waals surface area contributed by atoms with Crippen LogP contribution in [0.4, 0.5) is 10.1 Å². The van der Waals surface area contributed by atoms with Crippen LogP contribution in [0.25, 0.3) is 0 Å². The molecule has 0 heterocycles. The van der Waals surface area contributed by atoms with Crippen LogP contribution in [0.1, 0.15) is 40.4 Å². The summed E-state index contributed by atoms with van der Waals surface area (Å²) in [6.07, 6.45) is 2.82. The van der Waals surface area contributed by atoms with Gasteiger partial charge in [-0.3, -0.25) is 9.10 Å². The van der Waals surface area contributed by atoms with Gasteiger partial charge in [-0.15, -0.1) is 0 Å². The minimum atomic E-state index is -3.91. The minimum Gasteiger partial charge on any atom is -0.345 e. The van der Waals surface area contributed by atoms with Crippen LogP contribution in [0.2, 0.25) is 0 Å². The lowest BCUT2D eigenvalue weighted by molar-refractivity contribution is 0.0932. The van der Waals surface area contributed by atoms with Crippen molar-refractivity contribution in [2.45, 2.75) is 30.2 Å². The van der Waals surface area contributed by atoms with E-state index in [2.05, 4.69) is 11.4 Å². The molecule has 1 amide bonds. The fraction of sp³-hybridized carbons (Fsp3) is 0.208. The molecule has 0 radical (unpaired) electrons. The van der Waals surface area contributed by atoms with E-state index in [0.29, 0.717) is 5.69 Å². The molecule has 3 aromatic rings. The summed E-state index contributed by atoms with van der Waals surface area (Å²) < 4.78 is 40.3. The lowest BCUT2D eigenvalue weighted by Crippen LogP contribution is -2.31. The Morgan fingerprint density at radius 1 is 1.03 bits per heavy atom. The smallest absolute Gasteiger partial charge is 0.264 e. The predicted molar refractivity (Wildman–Crippen MR) is 118 cm³/mol. The number of rotatable bonds is 5. The van der Waals surface area contributed by atoms with Crippen molar-refractivity contribution in [2.75, 3.05) is 11.4 Å². The number of anilines is 1. The molecule has 7 heteroatoms. The highest BCUT2D eigenvalue weighted by atomic mass is 32.2. The average Bonchev–Trinajstić information content (AvgIpc) is 2.79. The zero-order valence-corrected chi connectivity index (χ0v) is 17.9. The van der Waals surface area contributed by atoms with E-state index >= 15 is 0 Å². The minimum absolute atomic E-state index is 0.00369. The zero-order chi connectivity index (χ0) is 22.0. The Labute approximate surface area is 181 Å². The SMILES string of the molecule is CN(c1ccc(F)cc1)S(=O)(=O)c1cccc(C(=O)NC2CCCc3ccccc32)c1. The first-order valence-electron chi connectivity index (χ1n) is 10.1. The molecule has 0 bridgehead atoms. The topological polar surface area (TPSA) is 66.5 Å². The summed E-state index contributed by atoms with van der Waals surface area (Å²) in [6, 6.07) is 19.1. The fourth-order valence-electron chi connectivity index (χ4n) is 3.89. The number of carbonyl (C=O) groups is 1. The van der Waals surface area contributed by atoms with Crippen molar-refractivity contribution in [1.29, 1.82) is 0 Å². The molecule has 0 saturated carbocycles. The van der Waals surface area contributed by atoms with Gasteiger partial charge in [-0.2, -0.15) is 0 Å². The van der Waals surface area contributed by atoms with Gasteiger partial charge in [-0.05, 0) is 72.9 Å². The van der Waals surface area contributed by atoms with E-state index in [4.69, 9.17) is 0 Å². The van der Waals surface area contributed by atoms with Gasteiger partial charge in [0.05, 0.1) is 16.6 Å². The summed E-state index contributed by atoms with van der Waals surface area (Å²) in [5.74, 6) is -0.763. The van der Waals surface area contributed by atoms with Crippen LogP contribution in [-0.2, 0) is 16.4 Å². The van der Waals surface area contributed by atoms with Crippen molar-refractivity contribution >= 4 is 21.6 Å². The Morgan fingerprint density at radius 3 is 2.55 bits per heavy atom. The molecule has 1 unspecified atom stereocenters. The molecule has 5 nitrogen and oxygen atoms in total. The first-order chi connectivity index (χ1) is 14.9. The first-order valence-corrected chi connectivity index (χ1v) is 11.5. The Hall–Kier alpha value is -3.19. The fourth-order valence-corrected chi connectivity index (χ4v) is 5.13. The average molecular weight is 439 g/mol. The van der Waals surface area contributed by atoms with E-state index < -0.39 is 15.8 Å². The summed E-state index contributed by atoms with van der Waals surface area (Å²) in [6.45, 7) is 0. The second kappa shape index (κ2) is 8.51. The van der Waals surface area contributed by atoms with Gasteiger partial charge in [-0.1, -0.05) is 30.3 Å². The number of amides is 1. The van der Waals surface area contributed by atoms with Crippen LogP contribution in [0.5, 0.6) is 0 Å². The molecule has 1 atom stereocenters. The number of aryl methyl sites for hydroxylation is 1. The third-order valence-corrected chi connectivity index (χ3v) is 7.40. The third kappa shape index (κ3) is 4.32. The van der Waals surface area contributed by atoms with Crippen LogP contribution in [-0.4, -0.2) is 21.4 Å². The number of nitrogens with one attached hydrogen (secondary N) is 1. The van der Waals surface area contributed by atoms with Crippen molar-refractivity contribution in [3.63, 3.8) is 0 Å². The van der Waals surface area contributed by atoms with E-state index in [1.807, 2.05) is 18.2 Å². The van der Waals surface area contributed by atoms with Crippen molar-refractivity contribution in [2.24, 2.45) is 0 Å². The third-order valence-electron chi connectivity index (χ3n) is 5.62. The summed E-state index contributed by atoms with van der Waals surface area (Å²) in [7, 11) is -2.51. The second-order valence-corrected chi connectivity index (χ2v) is 9.56. The maximum atomic E-state index is 13.2. The maximum Gasteiger partial charge on any atom is 0.264 e. The zero-order valence-electron chi connectivity index (χ0n) is 17.1. The van der Waals surface area contributed by atoms with Crippen molar-refractivity contribution in [3.8, 4) is 0 Å². The summed E-state index contributed by atoms with van der Waals surface area (Å²) in [5.41, 5.74) is 2.95. The predicted octanol–water partition coefficient (Wildman–Crippen LogP) is 4.46. The van der Waals surface area contributed by atoms with Gasteiger partial charge < -0.3 is 5.32 Å². The van der Waals surface area contributed by atoms with Crippen LogP contribution < -0.4 is 9.62 Å². The number of nitrogens with zero attached hydrogens (tertiary/aromatic N) is 1. The molecule has 3 aromatic carbocycles. The molecule has 0 saturated heterocycles. The number of hydrogen-bond acceptors (Lipinski definition) is 3. The van der Waals surface area contributed by atoms with E-state index in [-0.39, 0.29) is 22.4 Å². The van der Waals surface area contributed by atoms with Crippen molar-refractivity contribution in [3.05, 3.63) is 95.3 Å². The summed E-state index contributed by atoms with van der Waals surface area (Å²) in [5, 5.41) is 3.05. The second-order valence-electron chi connectivity index (χ2n) is 7.59.